The molecular formula is C25H28N8O2. The Labute approximate surface area is 208 Å². The first-order valence-corrected chi connectivity index (χ1v) is 11.3. The quantitative estimate of drug-likeness (QED) is 0.515. The van der Waals surface area contributed by atoms with E-state index in [1.54, 1.807) is 19.1 Å². The molecule has 2 aliphatic heterocycles. The monoisotopic (exact) mass is 475 g/mol. The Kier molecular flexibility index (Phi) is 4.84. The SMILES string of the molecule is [2H]C([2H])([2H])NC(=O)c1cnc(Nc2cc(C)nc(C)n2)cc1Nc1cccc2c1N(C)C[C@@H]1CCC(=O)N21. The summed E-state index contributed by atoms with van der Waals surface area (Å²) >= 11 is 0. The van der Waals surface area contributed by atoms with E-state index in [0.29, 0.717) is 41.8 Å². The van der Waals surface area contributed by atoms with Crippen molar-refractivity contribution < 1.29 is 13.7 Å². The molecule has 10 heteroatoms. The third kappa shape index (κ3) is 4.23. The lowest BCUT2D eigenvalue weighted by Crippen LogP contribution is -2.46. The normalized spacial score (nSPS) is 18.2. The molecule has 0 bridgehead atoms. The van der Waals surface area contributed by atoms with Crippen LogP contribution in [0.1, 0.15) is 38.8 Å². The number of rotatable bonds is 5. The highest BCUT2D eigenvalue weighted by Crippen LogP contribution is 2.44. The number of carbonyl (C=O) groups excluding carboxylic acids is 2. The summed E-state index contributed by atoms with van der Waals surface area (Å²) < 4.78 is 22.4. The zero-order chi connectivity index (χ0) is 27.2. The van der Waals surface area contributed by atoms with Crippen LogP contribution in [0.2, 0.25) is 0 Å². The van der Waals surface area contributed by atoms with Crippen molar-refractivity contribution in [3.05, 3.63) is 53.6 Å². The maximum absolute atomic E-state index is 12.9. The largest absolute Gasteiger partial charge is 0.369 e. The number of hydrogen-bond donors (Lipinski definition) is 3. The summed E-state index contributed by atoms with van der Waals surface area (Å²) in [5.41, 5.74) is 3.44. The molecule has 1 atom stereocenters. The van der Waals surface area contributed by atoms with Gasteiger partial charge in [-0.05, 0) is 32.4 Å². The van der Waals surface area contributed by atoms with Gasteiger partial charge < -0.3 is 25.8 Å². The minimum absolute atomic E-state index is 0.0490. The number of nitrogens with one attached hydrogen (secondary N) is 3. The van der Waals surface area contributed by atoms with Crippen LogP contribution in [0.25, 0.3) is 0 Å². The second-order valence-electron chi connectivity index (χ2n) is 8.77. The van der Waals surface area contributed by atoms with E-state index in [9.17, 15) is 9.59 Å². The van der Waals surface area contributed by atoms with Gasteiger partial charge in [-0.3, -0.25) is 9.59 Å². The van der Waals surface area contributed by atoms with Crippen molar-refractivity contribution in [1.29, 1.82) is 0 Å². The Balaban J connectivity index is 1.55. The predicted molar refractivity (Wildman–Crippen MR) is 136 cm³/mol. The molecule has 4 heterocycles. The van der Waals surface area contributed by atoms with E-state index in [1.165, 1.54) is 6.20 Å². The average Bonchev–Trinajstić information content (AvgIpc) is 3.18. The van der Waals surface area contributed by atoms with Crippen LogP contribution in [-0.2, 0) is 4.79 Å². The molecule has 5 rings (SSSR count). The molecule has 35 heavy (non-hydrogen) atoms. The maximum Gasteiger partial charge on any atom is 0.254 e. The number of aryl methyl sites for hydroxylation is 2. The number of carbonyl (C=O) groups is 2. The average molecular weight is 476 g/mol. The van der Waals surface area contributed by atoms with Gasteiger partial charge in [0.25, 0.3) is 5.91 Å². The van der Waals surface area contributed by atoms with Gasteiger partial charge in [-0.15, -0.1) is 0 Å². The van der Waals surface area contributed by atoms with Crippen LogP contribution in [0.4, 0.5) is 34.4 Å². The maximum atomic E-state index is 12.9. The molecule has 2 aliphatic rings. The summed E-state index contributed by atoms with van der Waals surface area (Å²) in [5.74, 6) is 0.804. The van der Waals surface area contributed by atoms with Gasteiger partial charge in [0.2, 0.25) is 5.91 Å². The van der Waals surface area contributed by atoms with Crippen molar-refractivity contribution in [1.82, 2.24) is 20.3 Å². The number of anilines is 6. The molecule has 1 fully saturated rings. The summed E-state index contributed by atoms with van der Waals surface area (Å²) in [5, 5.41) is 8.46. The predicted octanol–water partition coefficient (Wildman–Crippen LogP) is 3.28. The number of para-hydroxylation sites is 1. The van der Waals surface area contributed by atoms with Gasteiger partial charge in [-0.2, -0.15) is 0 Å². The highest BCUT2D eigenvalue weighted by molar-refractivity contribution is 6.05. The zero-order valence-electron chi connectivity index (χ0n) is 22.7. The third-order valence-electron chi connectivity index (χ3n) is 6.22. The molecule has 180 valence electrons. The highest BCUT2D eigenvalue weighted by Gasteiger charge is 2.39. The fourth-order valence-electron chi connectivity index (χ4n) is 4.82. The van der Waals surface area contributed by atoms with Gasteiger partial charge in [0, 0.05) is 55.1 Å². The molecule has 0 radical (unpaired) electrons. The number of amides is 2. The van der Waals surface area contributed by atoms with E-state index >= 15 is 0 Å². The zero-order valence-corrected chi connectivity index (χ0v) is 19.7. The van der Waals surface area contributed by atoms with Crippen molar-refractivity contribution in [2.24, 2.45) is 0 Å². The summed E-state index contributed by atoms with van der Waals surface area (Å²) in [6.07, 6.45) is 2.63. The molecule has 3 N–H and O–H groups in total. The van der Waals surface area contributed by atoms with Crippen LogP contribution in [0.15, 0.2) is 36.5 Å². The molecule has 1 aromatic carbocycles. The van der Waals surface area contributed by atoms with Crippen molar-refractivity contribution in [3.8, 4) is 0 Å². The van der Waals surface area contributed by atoms with Crippen molar-refractivity contribution >= 4 is 46.2 Å². The molecule has 10 nitrogen and oxygen atoms in total. The Bertz CT molecular complexity index is 1410. The lowest BCUT2D eigenvalue weighted by atomic mass is 10.1. The summed E-state index contributed by atoms with van der Waals surface area (Å²) in [7, 11) is 1.96. The fourth-order valence-corrected chi connectivity index (χ4v) is 4.82. The summed E-state index contributed by atoms with van der Waals surface area (Å²) in [4.78, 5) is 42.5. The molecule has 0 saturated carbocycles. The second kappa shape index (κ2) is 8.86. The van der Waals surface area contributed by atoms with E-state index in [4.69, 9.17) is 4.11 Å². The van der Waals surface area contributed by atoms with E-state index in [2.05, 4.69) is 30.5 Å². The number of likely N-dealkylation sites (N-methyl/N-ethyl adjacent to an activating group) is 1. The van der Waals surface area contributed by atoms with Crippen LogP contribution in [0.3, 0.4) is 0 Å². The number of fused-ring (bicyclic) bond motifs is 3. The fraction of sp³-hybridized carbons (Fsp3) is 0.320. The number of hydrogen-bond acceptors (Lipinski definition) is 8. The van der Waals surface area contributed by atoms with Gasteiger partial charge in [-0.25, -0.2) is 15.0 Å². The van der Waals surface area contributed by atoms with Crippen LogP contribution in [-0.4, -0.2) is 53.4 Å². The minimum atomic E-state index is -2.67. The Morgan fingerprint density at radius 2 is 2.00 bits per heavy atom. The van der Waals surface area contributed by atoms with Crippen molar-refractivity contribution in [2.75, 3.05) is 41.0 Å². The Morgan fingerprint density at radius 3 is 2.80 bits per heavy atom. The Hall–Kier alpha value is -4.21. The topological polar surface area (TPSA) is 115 Å². The summed E-state index contributed by atoms with van der Waals surface area (Å²) in [6, 6.07) is 9.11. The lowest BCUT2D eigenvalue weighted by molar-refractivity contribution is -0.117. The van der Waals surface area contributed by atoms with Gasteiger partial charge in [-0.1, -0.05) is 6.07 Å². The Morgan fingerprint density at radius 1 is 1.14 bits per heavy atom. The minimum Gasteiger partial charge on any atom is -0.369 e. The van der Waals surface area contributed by atoms with E-state index in [1.807, 2.05) is 42.4 Å². The first-order chi connectivity index (χ1) is 18.0. The molecule has 2 amide bonds. The molecule has 2 aromatic heterocycles. The molecule has 0 spiro atoms. The second-order valence-corrected chi connectivity index (χ2v) is 8.77. The lowest BCUT2D eigenvalue weighted by Gasteiger charge is -2.39. The first-order valence-electron chi connectivity index (χ1n) is 12.8. The van der Waals surface area contributed by atoms with Crippen LogP contribution >= 0.6 is 0 Å². The van der Waals surface area contributed by atoms with E-state index in [0.717, 1.165) is 23.5 Å². The molecular weight excluding hydrogens is 444 g/mol. The third-order valence-corrected chi connectivity index (χ3v) is 6.22. The molecule has 0 unspecified atom stereocenters. The first kappa shape index (κ1) is 19.1. The number of aromatic nitrogens is 3. The van der Waals surface area contributed by atoms with Gasteiger partial charge >= 0.3 is 0 Å². The number of pyridine rings is 1. The molecule has 0 aliphatic carbocycles. The standard InChI is InChI=1S/C25H28N8O2/c1-14-10-22(29-15(2)28-14)31-21-11-19(17(12-27-21)25(35)26-3)30-18-6-5-7-20-24(18)32(4)13-16-8-9-23(34)33(16)20/h5-7,10-12,16H,8-9,13H2,1-4H3,(H,26,35)(H2,27,28,29,30,31)/t16-/m0/s1/i3D3. The van der Waals surface area contributed by atoms with Crippen LogP contribution in [0.5, 0.6) is 0 Å². The highest BCUT2D eigenvalue weighted by atomic mass is 16.2. The number of benzene rings is 1. The smallest absolute Gasteiger partial charge is 0.254 e. The van der Waals surface area contributed by atoms with Gasteiger partial charge in [0.05, 0.1) is 34.4 Å². The van der Waals surface area contributed by atoms with E-state index < -0.39 is 12.9 Å². The van der Waals surface area contributed by atoms with E-state index in [-0.39, 0.29) is 17.5 Å². The van der Waals surface area contributed by atoms with Crippen LogP contribution < -0.4 is 25.8 Å². The van der Waals surface area contributed by atoms with Gasteiger partial charge in [0.1, 0.15) is 17.5 Å². The van der Waals surface area contributed by atoms with Gasteiger partial charge in [0.15, 0.2) is 0 Å². The summed E-state index contributed by atoms with van der Waals surface area (Å²) in [6.45, 7) is 1.65. The van der Waals surface area contributed by atoms with Crippen LogP contribution in [0, 0.1) is 13.8 Å². The number of nitrogens with zero attached hydrogens (tertiary/aromatic N) is 5. The van der Waals surface area contributed by atoms with Crippen molar-refractivity contribution in [3.63, 3.8) is 0 Å². The van der Waals surface area contributed by atoms with Crippen molar-refractivity contribution in [2.45, 2.75) is 32.7 Å². The molecule has 3 aromatic rings. The molecule has 1 saturated heterocycles.